The fourth-order valence-electron chi connectivity index (χ4n) is 2.08. The van der Waals surface area contributed by atoms with E-state index >= 15 is 0 Å². The lowest BCUT2D eigenvalue weighted by molar-refractivity contribution is -0.118. The Balaban J connectivity index is 2.17. The molecule has 2 heterocycles. The Labute approximate surface area is 151 Å². The molecule has 0 saturated carbocycles. The zero-order valence-electron chi connectivity index (χ0n) is 13.3. The smallest absolute Gasteiger partial charge is 0.314 e. The van der Waals surface area contributed by atoms with Gasteiger partial charge in [0.05, 0.1) is 18.1 Å². The van der Waals surface area contributed by atoms with Crippen LogP contribution in [-0.2, 0) is 19.6 Å². The molecule has 0 aliphatic carbocycles. The molecule has 9 nitrogen and oxygen atoms in total. The van der Waals surface area contributed by atoms with Crippen molar-refractivity contribution >= 4 is 39.8 Å². The second-order valence-corrected chi connectivity index (χ2v) is 6.40. The minimum atomic E-state index is -1.83. The first-order chi connectivity index (χ1) is 11.9. The SMILES string of the molecule is CCN(C(=O)CC[S-](=O)=NC(N)=O)c1cn(-c2cccnc2)nc1Cl. The minimum Gasteiger partial charge on any atom is -0.444 e. The monoisotopic (exact) mass is 383 g/mol. The number of nitrogens with zero attached hydrogens (tertiary/aromatic N) is 5. The first-order valence-corrected chi connectivity index (χ1v) is 8.93. The van der Waals surface area contributed by atoms with Crippen molar-refractivity contribution in [3.63, 3.8) is 0 Å². The van der Waals surface area contributed by atoms with E-state index in [2.05, 4.69) is 14.4 Å². The summed E-state index contributed by atoms with van der Waals surface area (Å²) in [5.41, 5.74) is 5.95. The number of rotatable bonds is 6. The Morgan fingerprint density at radius 3 is 2.84 bits per heavy atom. The Bertz CT molecular complexity index is 848. The fourth-order valence-corrected chi connectivity index (χ4v) is 2.96. The van der Waals surface area contributed by atoms with Crippen molar-refractivity contribution in [3.8, 4) is 5.69 Å². The maximum atomic E-state index is 12.4. The number of aromatic nitrogens is 3. The summed E-state index contributed by atoms with van der Waals surface area (Å²) < 4.78 is 16.2. The molecule has 0 aliphatic rings. The standard InChI is InChI=1S/C14H16ClN6O3S/c1-2-20(12(22)5-7-25(24)19-14(16)23)11-9-21(18-13(11)15)10-4-3-6-17-8-10/h3-4,6,8-9H,2,5,7H2,1H3,(H2,16,23)/q-1. The third kappa shape index (κ3) is 5.00. The van der Waals surface area contributed by atoms with Gasteiger partial charge in [-0.3, -0.25) is 9.78 Å². The van der Waals surface area contributed by atoms with Gasteiger partial charge in [-0.25, -0.2) is 9.48 Å². The van der Waals surface area contributed by atoms with Crippen LogP contribution in [0.2, 0.25) is 5.15 Å². The van der Waals surface area contributed by atoms with Gasteiger partial charge in [-0.1, -0.05) is 17.4 Å². The van der Waals surface area contributed by atoms with Gasteiger partial charge < -0.3 is 19.2 Å². The van der Waals surface area contributed by atoms with Crippen molar-refractivity contribution in [1.82, 2.24) is 14.8 Å². The number of pyridine rings is 1. The van der Waals surface area contributed by atoms with E-state index in [1.807, 2.05) is 0 Å². The van der Waals surface area contributed by atoms with Crippen LogP contribution in [0, 0.1) is 0 Å². The fraction of sp³-hybridized carbons (Fsp3) is 0.286. The van der Waals surface area contributed by atoms with E-state index in [9.17, 15) is 13.8 Å². The lowest BCUT2D eigenvalue weighted by Crippen LogP contribution is -2.31. The van der Waals surface area contributed by atoms with Gasteiger partial charge in [0.15, 0.2) is 5.15 Å². The third-order valence-electron chi connectivity index (χ3n) is 3.15. The van der Waals surface area contributed by atoms with Crippen molar-refractivity contribution in [3.05, 3.63) is 35.9 Å². The highest BCUT2D eigenvalue weighted by Crippen LogP contribution is 2.26. The van der Waals surface area contributed by atoms with Gasteiger partial charge in [0.2, 0.25) is 5.91 Å². The van der Waals surface area contributed by atoms with Gasteiger partial charge in [0, 0.05) is 19.2 Å². The molecule has 0 bridgehead atoms. The molecule has 11 heteroatoms. The zero-order valence-corrected chi connectivity index (χ0v) is 14.9. The lowest BCUT2D eigenvalue weighted by atomic mass is 10.3. The largest absolute Gasteiger partial charge is 0.444 e. The van der Waals surface area contributed by atoms with E-state index in [-0.39, 0.29) is 23.2 Å². The average molecular weight is 384 g/mol. The van der Waals surface area contributed by atoms with Crippen LogP contribution in [0.3, 0.4) is 0 Å². The molecule has 0 radical (unpaired) electrons. The molecule has 134 valence electrons. The normalized spacial score (nSPS) is 12.1. The molecule has 0 saturated heterocycles. The number of halogens is 1. The molecule has 0 aromatic carbocycles. The van der Waals surface area contributed by atoms with Crippen molar-refractivity contribution in [2.24, 2.45) is 10.1 Å². The molecule has 0 aliphatic heterocycles. The Hall–Kier alpha value is -2.46. The molecule has 2 aromatic rings. The maximum absolute atomic E-state index is 12.4. The van der Waals surface area contributed by atoms with Crippen molar-refractivity contribution in [2.45, 2.75) is 13.3 Å². The Kier molecular flexibility index (Phi) is 6.48. The van der Waals surface area contributed by atoms with E-state index in [1.54, 1.807) is 37.6 Å². The summed E-state index contributed by atoms with van der Waals surface area (Å²) in [6, 6.07) is 2.52. The molecule has 2 N–H and O–H groups in total. The number of amides is 3. The van der Waals surface area contributed by atoms with Gasteiger partial charge in [0.1, 0.15) is 5.69 Å². The predicted octanol–water partition coefficient (Wildman–Crippen LogP) is 1.89. The summed E-state index contributed by atoms with van der Waals surface area (Å²) in [5, 5.41) is 4.33. The first-order valence-electron chi connectivity index (χ1n) is 7.28. The van der Waals surface area contributed by atoms with E-state index in [1.165, 1.54) is 9.58 Å². The van der Waals surface area contributed by atoms with Gasteiger partial charge in [0.25, 0.3) is 0 Å². The van der Waals surface area contributed by atoms with Crippen LogP contribution in [-0.4, -0.2) is 39.0 Å². The second-order valence-electron chi connectivity index (χ2n) is 4.80. The number of anilines is 1. The van der Waals surface area contributed by atoms with Crippen LogP contribution < -0.4 is 10.6 Å². The van der Waals surface area contributed by atoms with Crippen LogP contribution in [0.5, 0.6) is 0 Å². The first kappa shape index (κ1) is 18.9. The van der Waals surface area contributed by atoms with Gasteiger partial charge in [-0.05, 0) is 19.1 Å². The quantitative estimate of drug-likeness (QED) is 0.762. The predicted molar refractivity (Wildman–Crippen MR) is 93.9 cm³/mol. The summed E-state index contributed by atoms with van der Waals surface area (Å²) in [7, 11) is -1.83. The number of carbonyl (C=O) groups is 2. The zero-order chi connectivity index (χ0) is 18.4. The number of carbonyl (C=O) groups excluding carboxylic acids is 2. The maximum Gasteiger partial charge on any atom is 0.314 e. The number of urea groups is 1. The molecular formula is C14H16ClN6O3S-. The van der Waals surface area contributed by atoms with Crippen LogP contribution >= 0.6 is 11.6 Å². The van der Waals surface area contributed by atoms with Gasteiger partial charge in [-0.15, -0.1) is 0 Å². The molecule has 0 atom stereocenters. The summed E-state index contributed by atoms with van der Waals surface area (Å²) in [5.74, 6) is -0.421. The van der Waals surface area contributed by atoms with E-state index in [4.69, 9.17) is 17.3 Å². The summed E-state index contributed by atoms with van der Waals surface area (Å²) in [6.07, 6.45) is 4.78. The number of hydrogen-bond acceptors (Lipinski definition) is 6. The Morgan fingerprint density at radius 1 is 1.48 bits per heavy atom. The van der Waals surface area contributed by atoms with Crippen molar-refractivity contribution in [2.75, 3.05) is 17.2 Å². The molecule has 25 heavy (non-hydrogen) atoms. The molecule has 0 fully saturated rings. The van der Waals surface area contributed by atoms with E-state index < -0.39 is 16.6 Å². The van der Waals surface area contributed by atoms with Crippen LogP contribution in [0.15, 0.2) is 35.1 Å². The highest BCUT2D eigenvalue weighted by atomic mass is 35.5. The second kappa shape index (κ2) is 8.58. The van der Waals surface area contributed by atoms with Crippen LogP contribution in [0.25, 0.3) is 5.69 Å². The number of primary amides is 1. The molecular weight excluding hydrogens is 368 g/mol. The van der Waals surface area contributed by atoms with Crippen LogP contribution in [0.4, 0.5) is 10.5 Å². The topological polar surface area (TPSA) is 124 Å². The molecule has 0 spiro atoms. The summed E-state index contributed by atoms with van der Waals surface area (Å²) >= 11 is 6.16. The molecule has 2 rings (SSSR count). The van der Waals surface area contributed by atoms with E-state index in [0.29, 0.717) is 17.9 Å². The number of hydrogen-bond donors (Lipinski definition) is 1. The third-order valence-corrected chi connectivity index (χ3v) is 4.36. The van der Waals surface area contributed by atoms with Crippen LogP contribution in [0.1, 0.15) is 13.3 Å². The van der Waals surface area contributed by atoms with Gasteiger partial charge >= 0.3 is 6.03 Å². The molecule has 2 aromatic heterocycles. The number of nitrogens with two attached hydrogens (primary N) is 1. The highest BCUT2D eigenvalue weighted by Gasteiger charge is 2.19. The summed E-state index contributed by atoms with van der Waals surface area (Å²) in [6.45, 7) is 2.12. The summed E-state index contributed by atoms with van der Waals surface area (Å²) in [4.78, 5) is 28.4. The lowest BCUT2D eigenvalue weighted by Gasteiger charge is -2.19. The average Bonchev–Trinajstić information content (AvgIpc) is 2.96. The van der Waals surface area contributed by atoms with Gasteiger partial charge in [-0.2, -0.15) is 15.7 Å². The molecule has 3 amide bonds. The van der Waals surface area contributed by atoms with E-state index in [0.717, 1.165) is 0 Å². The van der Waals surface area contributed by atoms with Crippen molar-refractivity contribution in [1.29, 1.82) is 0 Å². The van der Waals surface area contributed by atoms with Crippen molar-refractivity contribution < 1.29 is 13.8 Å². The minimum absolute atomic E-state index is 0.0777. The molecule has 0 unspecified atom stereocenters. The Morgan fingerprint density at radius 2 is 2.24 bits per heavy atom. The highest BCUT2D eigenvalue weighted by molar-refractivity contribution is 7.75.